The van der Waals surface area contributed by atoms with Gasteiger partial charge in [-0.2, -0.15) is 13.2 Å². The molecule has 3 aromatic rings. The topological polar surface area (TPSA) is 55.1 Å². The van der Waals surface area contributed by atoms with Gasteiger partial charge in [0.15, 0.2) is 0 Å². The molecule has 0 unspecified atom stereocenters. The number of hydrogen-bond acceptors (Lipinski definition) is 4. The molecule has 4 nitrogen and oxygen atoms in total. The Morgan fingerprint density at radius 2 is 1.96 bits per heavy atom. The van der Waals surface area contributed by atoms with Crippen LogP contribution in [0.15, 0.2) is 40.9 Å². The molecule has 0 radical (unpaired) electrons. The number of benzene rings is 1. The minimum atomic E-state index is -4.46. The molecule has 0 bridgehead atoms. The first-order chi connectivity index (χ1) is 11.8. The molecule has 130 valence electrons. The van der Waals surface area contributed by atoms with E-state index >= 15 is 0 Å². The largest absolute Gasteiger partial charge is 0.416 e. The number of anilines is 1. The molecule has 1 aromatic carbocycles. The molecule has 2 heterocycles. The Morgan fingerprint density at radius 3 is 2.60 bits per heavy atom. The molecule has 0 saturated heterocycles. The van der Waals surface area contributed by atoms with Crippen LogP contribution in [0.1, 0.15) is 26.7 Å². The second-order valence-corrected chi connectivity index (χ2v) is 6.48. The quantitative estimate of drug-likeness (QED) is 0.685. The lowest BCUT2D eigenvalue weighted by Crippen LogP contribution is -2.11. The predicted molar refractivity (Wildman–Crippen MR) is 88.7 cm³/mol. The number of rotatable bonds is 3. The van der Waals surface area contributed by atoms with Crippen LogP contribution in [-0.4, -0.2) is 11.1 Å². The van der Waals surface area contributed by atoms with Gasteiger partial charge in [0.05, 0.1) is 21.7 Å². The lowest BCUT2D eigenvalue weighted by atomic mass is 10.2. The van der Waals surface area contributed by atoms with Crippen LogP contribution in [0.4, 0.5) is 18.9 Å². The van der Waals surface area contributed by atoms with Crippen LogP contribution in [0, 0.1) is 13.8 Å². The third-order valence-electron chi connectivity index (χ3n) is 3.56. The maximum atomic E-state index is 12.7. The number of halogens is 3. The SMILES string of the molecule is Cc1noc(C)c1-c1ccc(C(=O)Nc2cccc(C(F)(F)F)c2)s1. The number of aromatic nitrogens is 1. The second kappa shape index (κ2) is 6.36. The van der Waals surface area contributed by atoms with E-state index in [1.165, 1.54) is 23.5 Å². The number of carbonyl (C=O) groups excluding carboxylic acids is 1. The summed E-state index contributed by atoms with van der Waals surface area (Å²) >= 11 is 1.22. The third-order valence-corrected chi connectivity index (χ3v) is 4.66. The monoisotopic (exact) mass is 366 g/mol. The zero-order valence-electron chi connectivity index (χ0n) is 13.3. The van der Waals surface area contributed by atoms with Gasteiger partial charge in [0.1, 0.15) is 5.76 Å². The molecular weight excluding hydrogens is 353 g/mol. The Labute approximate surface area is 145 Å². The molecule has 1 N–H and O–H groups in total. The first-order valence-electron chi connectivity index (χ1n) is 7.27. The van der Waals surface area contributed by atoms with Crippen molar-refractivity contribution in [2.45, 2.75) is 20.0 Å². The van der Waals surface area contributed by atoms with Gasteiger partial charge in [-0.25, -0.2) is 0 Å². The first kappa shape index (κ1) is 17.2. The minimum Gasteiger partial charge on any atom is -0.361 e. The maximum Gasteiger partial charge on any atom is 0.416 e. The Bertz CT molecular complexity index is 909. The van der Waals surface area contributed by atoms with E-state index < -0.39 is 17.6 Å². The Hall–Kier alpha value is -2.61. The van der Waals surface area contributed by atoms with Crippen molar-refractivity contribution in [1.82, 2.24) is 5.16 Å². The van der Waals surface area contributed by atoms with E-state index in [1.54, 1.807) is 26.0 Å². The van der Waals surface area contributed by atoms with Crippen molar-refractivity contribution in [3.8, 4) is 10.4 Å². The Morgan fingerprint density at radius 1 is 1.20 bits per heavy atom. The number of thiophene rings is 1. The predicted octanol–water partition coefficient (Wildman–Crippen LogP) is 5.29. The fraction of sp³-hybridized carbons (Fsp3) is 0.176. The summed E-state index contributed by atoms with van der Waals surface area (Å²) in [6.45, 7) is 3.57. The summed E-state index contributed by atoms with van der Waals surface area (Å²) in [6.07, 6.45) is -4.46. The average Bonchev–Trinajstić information content (AvgIpc) is 3.13. The van der Waals surface area contributed by atoms with Crippen molar-refractivity contribution < 1.29 is 22.5 Å². The number of aryl methyl sites for hydroxylation is 2. The summed E-state index contributed by atoms with van der Waals surface area (Å²) < 4.78 is 43.3. The molecule has 0 saturated carbocycles. The third kappa shape index (κ3) is 3.58. The van der Waals surface area contributed by atoms with E-state index in [1.807, 2.05) is 0 Å². The Kier molecular flexibility index (Phi) is 4.38. The molecule has 3 rings (SSSR count). The summed E-state index contributed by atoms with van der Waals surface area (Å²) in [5.41, 5.74) is 0.812. The molecule has 1 amide bonds. The van der Waals surface area contributed by atoms with Crippen LogP contribution in [0.2, 0.25) is 0 Å². The minimum absolute atomic E-state index is 0.0899. The van der Waals surface area contributed by atoms with Gasteiger partial charge < -0.3 is 9.84 Å². The van der Waals surface area contributed by atoms with Gasteiger partial charge in [0.25, 0.3) is 5.91 Å². The highest BCUT2D eigenvalue weighted by Gasteiger charge is 2.30. The van der Waals surface area contributed by atoms with E-state index in [-0.39, 0.29) is 5.69 Å². The van der Waals surface area contributed by atoms with E-state index in [0.29, 0.717) is 16.3 Å². The second-order valence-electron chi connectivity index (χ2n) is 5.40. The fourth-order valence-corrected chi connectivity index (χ4v) is 3.44. The number of carbonyl (C=O) groups is 1. The fourth-order valence-electron chi connectivity index (χ4n) is 2.40. The van der Waals surface area contributed by atoms with Gasteiger partial charge in [-0.05, 0) is 44.2 Å². The number of hydrogen-bond donors (Lipinski definition) is 1. The van der Waals surface area contributed by atoms with Gasteiger partial charge in [-0.3, -0.25) is 4.79 Å². The molecule has 0 aliphatic rings. The normalized spacial score (nSPS) is 11.6. The maximum absolute atomic E-state index is 12.7. The van der Waals surface area contributed by atoms with Gasteiger partial charge in [-0.1, -0.05) is 11.2 Å². The molecule has 0 aliphatic carbocycles. The van der Waals surface area contributed by atoms with Crippen molar-refractivity contribution in [3.63, 3.8) is 0 Å². The summed E-state index contributed by atoms with van der Waals surface area (Å²) in [5.74, 6) is 0.173. The van der Waals surface area contributed by atoms with E-state index in [2.05, 4.69) is 10.5 Å². The van der Waals surface area contributed by atoms with Crippen molar-refractivity contribution in [2.75, 3.05) is 5.32 Å². The molecule has 0 spiro atoms. The highest BCUT2D eigenvalue weighted by atomic mass is 32.1. The zero-order valence-corrected chi connectivity index (χ0v) is 14.1. The van der Waals surface area contributed by atoms with E-state index in [4.69, 9.17) is 4.52 Å². The van der Waals surface area contributed by atoms with Crippen LogP contribution in [0.3, 0.4) is 0 Å². The number of nitrogens with zero attached hydrogens (tertiary/aromatic N) is 1. The molecule has 2 aromatic heterocycles. The van der Waals surface area contributed by atoms with Gasteiger partial charge in [0.2, 0.25) is 0 Å². The van der Waals surface area contributed by atoms with E-state index in [0.717, 1.165) is 22.6 Å². The molecule has 0 atom stereocenters. The van der Waals surface area contributed by atoms with Crippen LogP contribution in [0.5, 0.6) is 0 Å². The van der Waals surface area contributed by atoms with Gasteiger partial charge in [-0.15, -0.1) is 11.3 Å². The first-order valence-corrected chi connectivity index (χ1v) is 8.09. The average molecular weight is 366 g/mol. The number of amides is 1. The summed E-state index contributed by atoms with van der Waals surface area (Å²) in [7, 11) is 0. The lowest BCUT2D eigenvalue weighted by molar-refractivity contribution is -0.137. The van der Waals surface area contributed by atoms with Crippen LogP contribution in [0.25, 0.3) is 10.4 Å². The molecular formula is C17H13F3N2O2S. The highest BCUT2D eigenvalue weighted by Crippen LogP contribution is 2.34. The summed E-state index contributed by atoms with van der Waals surface area (Å²) in [4.78, 5) is 13.5. The van der Waals surface area contributed by atoms with Gasteiger partial charge in [0, 0.05) is 10.6 Å². The van der Waals surface area contributed by atoms with Crippen LogP contribution >= 0.6 is 11.3 Å². The van der Waals surface area contributed by atoms with Crippen molar-refractivity contribution in [1.29, 1.82) is 0 Å². The molecule has 0 fully saturated rings. The zero-order chi connectivity index (χ0) is 18.2. The smallest absolute Gasteiger partial charge is 0.361 e. The summed E-state index contributed by atoms with van der Waals surface area (Å²) in [6, 6.07) is 7.91. The van der Waals surface area contributed by atoms with Gasteiger partial charge >= 0.3 is 6.18 Å². The van der Waals surface area contributed by atoms with Crippen molar-refractivity contribution >= 4 is 22.9 Å². The van der Waals surface area contributed by atoms with Crippen LogP contribution in [-0.2, 0) is 6.18 Å². The number of nitrogens with one attached hydrogen (secondary N) is 1. The summed E-state index contributed by atoms with van der Waals surface area (Å²) in [5, 5.41) is 6.36. The molecule has 0 aliphatic heterocycles. The van der Waals surface area contributed by atoms with Crippen molar-refractivity contribution in [3.05, 3.63) is 58.3 Å². The molecule has 25 heavy (non-hydrogen) atoms. The Balaban J connectivity index is 1.81. The standard InChI is InChI=1S/C17H13F3N2O2S/c1-9-15(10(2)24-22-9)13-6-7-14(25-13)16(23)21-12-5-3-4-11(8-12)17(18,19)20/h3-8H,1-2H3,(H,21,23). The van der Waals surface area contributed by atoms with E-state index in [9.17, 15) is 18.0 Å². The molecule has 8 heteroatoms. The van der Waals surface area contributed by atoms with Crippen molar-refractivity contribution in [2.24, 2.45) is 0 Å². The highest BCUT2D eigenvalue weighted by molar-refractivity contribution is 7.17. The lowest BCUT2D eigenvalue weighted by Gasteiger charge is -2.09. The van der Waals surface area contributed by atoms with Crippen LogP contribution < -0.4 is 5.32 Å². The number of alkyl halides is 3.